The molecule has 1 saturated carbocycles. The molecule has 28 heavy (non-hydrogen) atoms. The number of para-hydroxylation sites is 1. The Morgan fingerprint density at radius 1 is 1.21 bits per heavy atom. The van der Waals surface area contributed by atoms with E-state index < -0.39 is 12.1 Å². The molecule has 5 atom stereocenters. The molecule has 3 aliphatic rings. The van der Waals surface area contributed by atoms with Crippen LogP contribution in [0.1, 0.15) is 25.8 Å². The van der Waals surface area contributed by atoms with Crippen molar-refractivity contribution in [1.82, 2.24) is 5.01 Å². The van der Waals surface area contributed by atoms with E-state index in [-0.39, 0.29) is 42.1 Å². The highest BCUT2D eigenvalue weighted by atomic mass is 16.6. The molecule has 0 spiro atoms. The van der Waals surface area contributed by atoms with Gasteiger partial charge < -0.3 is 9.47 Å². The van der Waals surface area contributed by atoms with Gasteiger partial charge in [0.15, 0.2) is 6.10 Å². The van der Waals surface area contributed by atoms with Gasteiger partial charge in [0.05, 0.1) is 24.7 Å². The van der Waals surface area contributed by atoms with E-state index in [2.05, 4.69) is 5.10 Å². The van der Waals surface area contributed by atoms with Crippen molar-refractivity contribution in [2.45, 2.75) is 26.4 Å². The van der Waals surface area contributed by atoms with Gasteiger partial charge in [0, 0.05) is 5.56 Å². The molecule has 2 amide bonds. The first kappa shape index (κ1) is 18.4. The van der Waals surface area contributed by atoms with Crippen molar-refractivity contribution in [3.05, 3.63) is 42.0 Å². The van der Waals surface area contributed by atoms with Gasteiger partial charge in [-0.3, -0.25) is 9.59 Å². The number of hydrazone groups is 1. The van der Waals surface area contributed by atoms with Gasteiger partial charge in [0.1, 0.15) is 5.75 Å². The molecule has 2 fully saturated rings. The van der Waals surface area contributed by atoms with Gasteiger partial charge in [-0.05, 0) is 44.2 Å². The van der Waals surface area contributed by atoms with Crippen LogP contribution in [-0.2, 0) is 19.1 Å². The number of imide groups is 1. The lowest BCUT2D eigenvalue weighted by molar-refractivity contribution is -0.150. The van der Waals surface area contributed by atoms with Crippen LogP contribution < -0.4 is 4.74 Å². The van der Waals surface area contributed by atoms with E-state index in [1.54, 1.807) is 38.1 Å². The average molecular weight is 382 g/mol. The van der Waals surface area contributed by atoms with Crippen LogP contribution in [0.15, 0.2) is 41.5 Å². The van der Waals surface area contributed by atoms with E-state index in [0.717, 1.165) is 11.4 Å². The molecule has 1 aliphatic heterocycles. The topological polar surface area (TPSA) is 85.3 Å². The minimum Gasteiger partial charge on any atom is -0.478 e. The second-order valence-electron chi connectivity index (χ2n) is 7.28. The number of allylic oxidation sites excluding steroid dienone is 2. The second kappa shape index (κ2) is 7.22. The van der Waals surface area contributed by atoms with Crippen molar-refractivity contribution >= 4 is 24.0 Å². The number of hydrogen-bond donors (Lipinski definition) is 0. The monoisotopic (exact) mass is 382 g/mol. The quantitative estimate of drug-likeness (QED) is 0.326. The molecule has 2 aliphatic carbocycles. The summed E-state index contributed by atoms with van der Waals surface area (Å²) >= 11 is 0. The number of ether oxygens (including phenoxy) is 2. The maximum absolute atomic E-state index is 12.7. The number of rotatable bonds is 6. The third-order valence-corrected chi connectivity index (χ3v) is 5.60. The number of amides is 2. The molecule has 4 rings (SSSR count). The molecule has 1 aromatic carbocycles. The number of nitrogens with zero attached hydrogens (tertiary/aromatic N) is 2. The molecule has 0 aromatic heterocycles. The average Bonchev–Trinajstić information content (AvgIpc) is 3.36. The Morgan fingerprint density at radius 3 is 2.50 bits per heavy atom. The van der Waals surface area contributed by atoms with Crippen molar-refractivity contribution in [3.8, 4) is 5.75 Å². The standard InChI is InChI=1S/C21H22N2O5/c1-3-27-21(26)12(2)28-16-7-5-4-6-15(16)11-22-23-19(24)17-13-8-9-14(10-13)18(17)20(23)25/h4-9,11-14,17-18H,3,10H2,1-2H3/t12-,13-,14-,17-,18+/m0/s1. The number of fused-ring (bicyclic) bond motifs is 5. The van der Waals surface area contributed by atoms with E-state index in [1.165, 1.54) is 6.21 Å². The zero-order valence-corrected chi connectivity index (χ0v) is 15.8. The van der Waals surface area contributed by atoms with Crippen LogP contribution in [0.4, 0.5) is 0 Å². The van der Waals surface area contributed by atoms with Crippen LogP contribution in [-0.4, -0.2) is 41.7 Å². The van der Waals surface area contributed by atoms with Crippen LogP contribution >= 0.6 is 0 Å². The van der Waals surface area contributed by atoms with Crippen LogP contribution in [0.5, 0.6) is 5.75 Å². The summed E-state index contributed by atoms with van der Waals surface area (Å²) < 4.78 is 10.6. The van der Waals surface area contributed by atoms with Crippen LogP contribution in [0.25, 0.3) is 0 Å². The number of carbonyl (C=O) groups excluding carboxylic acids is 3. The first-order valence-electron chi connectivity index (χ1n) is 9.53. The number of benzene rings is 1. The number of esters is 1. The Morgan fingerprint density at radius 2 is 1.86 bits per heavy atom. The van der Waals surface area contributed by atoms with Crippen LogP contribution in [0, 0.1) is 23.7 Å². The minimum atomic E-state index is -0.786. The van der Waals surface area contributed by atoms with Gasteiger partial charge in [-0.25, -0.2) is 4.79 Å². The van der Waals surface area contributed by atoms with Crippen molar-refractivity contribution < 1.29 is 23.9 Å². The van der Waals surface area contributed by atoms with Crippen LogP contribution in [0.3, 0.4) is 0 Å². The van der Waals surface area contributed by atoms with Gasteiger partial charge in [-0.1, -0.05) is 24.3 Å². The van der Waals surface area contributed by atoms with Crippen molar-refractivity contribution in [2.75, 3.05) is 6.61 Å². The number of hydrogen-bond acceptors (Lipinski definition) is 6. The lowest BCUT2D eigenvalue weighted by atomic mass is 9.85. The first-order valence-corrected chi connectivity index (χ1v) is 9.53. The fourth-order valence-corrected chi connectivity index (χ4v) is 4.31. The highest BCUT2D eigenvalue weighted by Crippen LogP contribution is 2.52. The molecule has 2 bridgehead atoms. The Hall–Kier alpha value is -2.96. The van der Waals surface area contributed by atoms with E-state index in [9.17, 15) is 14.4 Å². The lowest BCUT2D eigenvalue weighted by Crippen LogP contribution is -2.28. The third kappa shape index (κ3) is 3.00. The molecule has 0 unspecified atom stereocenters. The normalized spacial score (nSPS) is 28.9. The number of carbonyl (C=O) groups is 3. The summed E-state index contributed by atoms with van der Waals surface area (Å²) in [5, 5.41) is 5.16. The Bertz CT molecular complexity index is 847. The maximum Gasteiger partial charge on any atom is 0.347 e. The van der Waals surface area contributed by atoms with Crippen LogP contribution in [0.2, 0.25) is 0 Å². The molecular formula is C21H22N2O5. The van der Waals surface area contributed by atoms with Crippen molar-refractivity contribution in [2.24, 2.45) is 28.8 Å². The van der Waals surface area contributed by atoms with Crippen molar-refractivity contribution in [3.63, 3.8) is 0 Å². The highest BCUT2D eigenvalue weighted by molar-refractivity contribution is 6.06. The molecular weight excluding hydrogens is 360 g/mol. The molecule has 146 valence electrons. The first-order chi connectivity index (χ1) is 13.5. The summed E-state index contributed by atoms with van der Waals surface area (Å²) in [6.45, 7) is 3.60. The van der Waals surface area contributed by atoms with Gasteiger partial charge >= 0.3 is 5.97 Å². The third-order valence-electron chi connectivity index (χ3n) is 5.60. The second-order valence-corrected chi connectivity index (χ2v) is 7.28. The summed E-state index contributed by atoms with van der Waals surface area (Å²) in [7, 11) is 0. The van der Waals surface area contributed by atoms with E-state index in [1.807, 2.05) is 12.2 Å². The van der Waals surface area contributed by atoms with E-state index in [4.69, 9.17) is 9.47 Å². The largest absolute Gasteiger partial charge is 0.478 e. The summed E-state index contributed by atoms with van der Waals surface area (Å²) in [6, 6.07) is 7.00. The molecule has 1 heterocycles. The SMILES string of the molecule is CCOC(=O)[C@H](C)Oc1ccccc1C=NN1C(=O)[C@@H]2[C@H](C1=O)[C@H]1C=C[C@H]2C1. The Balaban J connectivity index is 1.51. The smallest absolute Gasteiger partial charge is 0.347 e. The maximum atomic E-state index is 12.7. The minimum absolute atomic E-state index is 0.146. The Labute approximate surface area is 163 Å². The summed E-state index contributed by atoms with van der Waals surface area (Å²) in [4.78, 5) is 37.2. The zero-order chi connectivity index (χ0) is 19.8. The fourth-order valence-electron chi connectivity index (χ4n) is 4.31. The fraction of sp³-hybridized carbons (Fsp3) is 0.429. The molecule has 0 N–H and O–H groups in total. The molecule has 1 saturated heterocycles. The predicted molar refractivity (Wildman–Crippen MR) is 100 cm³/mol. The van der Waals surface area contributed by atoms with E-state index in [0.29, 0.717) is 11.3 Å². The molecule has 1 aromatic rings. The zero-order valence-electron chi connectivity index (χ0n) is 15.8. The lowest BCUT2D eigenvalue weighted by Gasteiger charge is -2.15. The summed E-state index contributed by atoms with van der Waals surface area (Å²) in [5.74, 6) is -0.782. The summed E-state index contributed by atoms with van der Waals surface area (Å²) in [6.07, 6.45) is 5.62. The Kier molecular flexibility index (Phi) is 4.75. The predicted octanol–water partition coefficient (Wildman–Crippen LogP) is 2.16. The van der Waals surface area contributed by atoms with Gasteiger partial charge in [0.25, 0.3) is 11.8 Å². The highest BCUT2D eigenvalue weighted by Gasteiger charge is 2.59. The van der Waals surface area contributed by atoms with Crippen molar-refractivity contribution in [1.29, 1.82) is 0 Å². The molecule has 7 nitrogen and oxygen atoms in total. The molecule has 0 radical (unpaired) electrons. The van der Waals surface area contributed by atoms with Gasteiger partial charge in [-0.2, -0.15) is 10.1 Å². The van der Waals surface area contributed by atoms with Gasteiger partial charge in [-0.15, -0.1) is 0 Å². The van der Waals surface area contributed by atoms with E-state index >= 15 is 0 Å². The molecule has 7 heteroatoms. The summed E-state index contributed by atoms with van der Waals surface area (Å²) in [5.41, 5.74) is 0.567. The van der Waals surface area contributed by atoms with Gasteiger partial charge in [0.2, 0.25) is 0 Å².